The van der Waals surface area contributed by atoms with Crippen molar-refractivity contribution in [2.75, 3.05) is 0 Å². The van der Waals surface area contributed by atoms with Gasteiger partial charge in [0.25, 0.3) is 5.56 Å². The van der Waals surface area contributed by atoms with Crippen LogP contribution in [0.1, 0.15) is 0 Å². The van der Waals surface area contributed by atoms with Crippen LogP contribution in [0.4, 0.5) is 0 Å². The number of nitrogens with one attached hydrogen (secondary N) is 2. The van der Waals surface area contributed by atoms with E-state index in [0.29, 0.717) is 9.39 Å². The largest absolute Gasteiger partial charge is 0.359 e. The molecule has 0 spiro atoms. The number of aromatic nitrogens is 3. The van der Waals surface area contributed by atoms with Crippen LogP contribution in [0.15, 0.2) is 29.3 Å². The zero-order valence-corrected chi connectivity index (χ0v) is 8.70. The fourth-order valence-corrected chi connectivity index (χ4v) is 1.27. The zero-order chi connectivity index (χ0) is 9.26. The second-order valence-electron chi connectivity index (χ2n) is 2.49. The lowest BCUT2D eigenvalue weighted by atomic mass is 10.4. The highest BCUT2D eigenvalue weighted by Crippen LogP contribution is 2.08. The smallest absolute Gasteiger partial charge is 0.264 e. The van der Waals surface area contributed by atoms with Crippen molar-refractivity contribution in [1.29, 1.82) is 0 Å². The van der Waals surface area contributed by atoms with E-state index < -0.39 is 0 Å². The maximum absolute atomic E-state index is 11.2. The Morgan fingerprint density at radius 2 is 2.31 bits per heavy atom. The third-order valence-electron chi connectivity index (χ3n) is 1.61. The molecule has 0 aromatic carbocycles. The minimum atomic E-state index is -0.111. The van der Waals surface area contributed by atoms with Gasteiger partial charge in [0.1, 0.15) is 0 Å². The number of aromatic amines is 2. The van der Waals surface area contributed by atoms with E-state index in [9.17, 15) is 4.79 Å². The standard InChI is InChI=1S/C8H6IN3O/c9-5-4-11-7(12-8(5)13)6-2-1-3-10-6/h1-4,10H,(H,11,12,13). The second kappa shape index (κ2) is 3.33. The van der Waals surface area contributed by atoms with Gasteiger partial charge in [-0.15, -0.1) is 0 Å². The lowest BCUT2D eigenvalue weighted by Gasteiger charge is -1.96. The molecule has 0 atom stereocenters. The van der Waals surface area contributed by atoms with E-state index in [4.69, 9.17) is 0 Å². The molecular formula is C8H6IN3O. The molecule has 5 heteroatoms. The summed E-state index contributed by atoms with van der Waals surface area (Å²) in [5.74, 6) is 0.565. The first-order valence-electron chi connectivity index (χ1n) is 3.66. The highest BCUT2D eigenvalue weighted by molar-refractivity contribution is 14.1. The molecule has 0 fully saturated rings. The Bertz CT molecular complexity index is 460. The van der Waals surface area contributed by atoms with Crippen LogP contribution in [0, 0.1) is 3.57 Å². The molecule has 4 nitrogen and oxygen atoms in total. The van der Waals surface area contributed by atoms with Gasteiger partial charge < -0.3 is 9.97 Å². The average Bonchev–Trinajstić information content (AvgIpc) is 2.62. The van der Waals surface area contributed by atoms with Crippen molar-refractivity contribution in [2.45, 2.75) is 0 Å². The minimum absolute atomic E-state index is 0.111. The average molecular weight is 287 g/mol. The third-order valence-corrected chi connectivity index (χ3v) is 2.38. The molecule has 0 aliphatic carbocycles. The van der Waals surface area contributed by atoms with E-state index in [1.165, 1.54) is 0 Å². The van der Waals surface area contributed by atoms with Gasteiger partial charge in [0.05, 0.1) is 9.26 Å². The number of hydrogen-bond donors (Lipinski definition) is 2. The molecule has 2 aromatic heterocycles. The van der Waals surface area contributed by atoms with Crippen molar-refractivity contribution < 1.29 is 0 Å². The van der Waals surface area contributed by atoms with Crippen molar-refractivity contribution in [3.05, 3.63) is 38.5 Å². The van der Waals surface area contributed by atoms with Gasteiger partial charge in [0.2, 0.25) is 0 Å². The minimum Gasteiger partial charge on any atom is -0.359 e. The van der Waals surface area contributed by atoms with Crippen LogP contribution in [-0.4, -0.2) is 15.0 Å². The predicted molar refractivity (Wildman–Crippen MR) is 57.4 cm³/mol. The van der Waals surface area contributed by atoms with Crippen molar-refractivity contribution in [3.8, 4) is 11.5 Å². The fraction of sp³-hybridized carbons (Fsp3) is 0. The highest BCUT2D eigenvalue weighted by atomic mass is 127. The first-order valence-corrected chi connectivity index (χ1v) is 4.74. The summed E-state index contributed by atoms with van der Waals surface area (Å²) in [5, 5.41) is 0. The van der Waals surface area contributed by atoms with Gasteiger partial charge in [-0.05, 0) is 34.7 Å². The SMILES string of the molecule is O=c1[nH]c(-c2ccc[nH]2)ncc1I. The Hall–Kier alpha value is -1.11. The normalized spacial score (nSPS) is 10.2. The van der Waals surface area contributed by atoms with Crippen LogP contribution < -0.4 is 5.56 Å². The third kappa shape index (κ3) is 1.64. The van der Waals surface area contributed by atoms with Gasteiger partial charge in [0.15, 0.2) is 5.82 Å². The van der Waals surface area contributed by atoms with E-state index >= 15 is 0 Å². The maximum Gasteiger partial charge on any atom is 0.264 e. The zero-order valence-electron chi connectivity index (χ0n) is 6.54. The summed E-state index contributed by atoms with van der Waals surface area (Å²) in [6.07, 6.45) is 3.34. The molecule has 0 saturated heterocycles. The van der Waals surface area contributed by atoms with Crippen LogP contribution in [0.3, 0.4) is 0 Å². The topological polar surface area (TPSA) is 61.5 Å². The summed E-state index contributed by atoms with van der Waals surface area (Å²) < 4.78 is 0.591. The van der Waals surface area contributed by atoms with E-state index in [1.54, 1.807) is 12.4 Å². The molecule has 0 aliphatic rings. The van der Waals surface area contributed by atoms with E-state index in [0.717, 1.165) is 5.69 Å². The van der Waals surface area contributed by atoms with E-state index in [1.807, 2.05) is 34.7 Å². The molecule has 2 aromatic rings. The molecule has 2 heterocycles. The van der Waals surface area contributed by atoms with Gasteiger partial charge in [-0.1, -0.05) is 0 Å². The van der Waals surface area contributed by atoms with Crippen LogP contribution in [-0.2, 0) is 0 Å². The highest BCUT2D eigenvalue weighted by Gasteiger charge is 2.01. The first kappa shape index (κ1) is 8.49. The Morgan fingerprint density at radius 1 is 1.46 bits per heavy atom. The van der Waals surface area contributed by atoms with Gasteiger partial charge in [-0.25, -0.2) is 4.98 Å². The molecule has 2 rings (SSSR count). The molecule has 0 aliphatic heterocycles. The van der Waals surface area contributed by atoms with E-state index in [-0.39, 0.29) is 5.56 Å². The van der Waals surface area contributed by atoms with E-state index in [2.05, 4.69) is 15.0 Å². The quantitative estimate of drug-likeness (QED) is 0.778. The van der Waals surface area contributed by atoms with Gasteiger partial charge >= 0.3 is 0 Å². The summed E-state index contributed by atoms with van der Waals surface area (Å²) in [6, 6.07) is 3.71. The Labute approximate surface area is 87.6 Å². The lowest BCUT2D eigenvalue weighted by molar-refractivity contribution is 1.09. The molecule has 0 bridgehead atoms. The van der Waals surface area contributed by atoms with Crippen LogP contribution in [0.25, 0.3) is 11.5 Å². The number of nitrogens with zero attached hydrogens (tertiary/aromatic N) is 1. The number of rotatable bonds is 1. The summed E-state index contributed by atoms with van der Waals surface area (Å²) in [5.41, 5.74) is 0.703. The van der Waals surface area contributed by atoms with Crippen LogP contribution in [0.5, 0.6) is 0 Å². The Morgan fingerprint density at radius 3 is 2.92 bits per heavy atom. The van der Waals surface area contributed by atoms with Crippen LogP contribution >= 0.6 is 22.6 Å². The maximum atomic E-state index is 11.2. The summed E-state index contributed by atoms with van der Waals surface area (Å²) in [7, 11) is 0. The van der Waals surface area contributed by atoms with Crippen molar-refractivity contribution in [1.82, 2.24) is 15.0 Å². The van der Waals surface area contributed by atoms with Crippen molar-refractivity contribution in [3.63, 3.8) is 0 Å². The molecule has 66 valence electrons. The first-order chi connectivity index (χ1) is 6.27. The molecule has 0 radical (unpaired) electrons. The number of hydrogen-bond acceptors (Lipinski definition) is 2. The van der Waals surface area contributed by atoms with Crippen molar-refractivity contribution >= 4 is 22.6 Å². The molecule has 0 unspecified atom stereocenters. The molecule has 0 amide bonds. The second-order valence-corrected chi connectivity index (χ2v) is 3.65. The Balaban J connectivity index is 2.55. The fourth-order valence-electron chi connectivity index (χ4n) is 0.994. The monoisotopic (exact) mass is 287 g/mol. The molecule has 0 saturated carbocycles. The molecule has 2 N–H and O–H groups in total. The van der Waals surface area contributed by atoms with Crippen LogP contribution in [0.2, 0.25) is 0 Å². The van der Waals surface area contributed by atoms with Gasteiger partial charge in [0, 0.05) is 12.4 Å². The lowest BCUT2D eigenvalue weighted by Crippen LogP contribution is -2.11. The number of halogens is 1. The molecular weight excluding hydrogens is 281 g/mol. The summed E-state index contributed by atoms with van der Waals surface area (Å²) >= 11 is 1.94. The molecule has 13 heavy (non-hydrogen) atoms. The van der Waals surface area contributed by atoms with Gasteiger partial charge in [-0.3, -0.25) is 4.79 Å². The Kier molecular flexibility index (Phi) is 2.17. The summed E-state index contributed by atoms with van der Waals surface area (Å²) in [6.45, 7) is 0. The number of H-pyrrole nitrogens is 2. The van der Waals surface area contributed by atoms with Crippen molar-refractivity contribution in [2.24, 2.45) is 0 Å². The predicted octanol–water partition coefficient (Wildman–Crippen LogP) is 1.37. The van der Waals surface area contributed by atoms with Gasteiger partial charge in [-0.2, -0.15) is 0 Å². The summed E-state index contributed by atoms with van der Waals surface area (Å²) in [4.78, 5) is 20.9.